The third kappa shape index (κ3) is 3.37. The fraction of sp³-hybridized carbons (Fsp3) is 0.611. The Morgan fingerprint density at radius 3 is 2.38 bits per heavy atom. The number of nitro benzene ring substituents is 1. The first-order valence-electron chi connectivity index (χ1n) is 8.78. The highest BCUT2D eigenvalue weighted by Gasteiger charge is 2.29. The fourth-order valence-electron chi connectivity index (χ4n) is 4.04. The molecule has 2 saturated heterocycles. The van der Waals surface area contributed by atoms with Crippen LogP contribution in [0, 0.1) is 22.0 Å². The van der Waals surface area contributed by atoms with Crippen LogP contribution in [-0.4, -0.2) is 41.9 Å². The van der Waals surface area contributed by atoms with Gasteiger partial charge in [0, 0.05) is 37.8 Å². The van der Waals surface area contributed by atoms with Crippen LogP contribution in [0.5, 0.6) is 0 Å². The predicted octanol–water partition coefficient (Wildman–Crippen LogP) is 3.31. The molecule has 0 N–H and O–H groups in total. The molecule has 2 aliphatic heterocycles. The molecule has 2 atom stereocenters. The highest BCUT2D eigenvalue weighted by atomic mass is 16.6. The third-order valence-corrected chi connectivity index (χ3v) is 5.02. The number of hydrogen-bond donors (Lipinski definition) is 0. The molecule has 0 aromatic heterocycles. The second-order valence-electron chi connectivity index (χ2n) is 7.31. The van der Waals surface area contributed by atoms with Crippen molar-refractivity contribution in [2.24, 2.45) is 11.8 Å². The van der Waals surface area contributed by atoms with Crippen molar-refractivity contribution in [3.05, 3.63) is 33.9 Å². The van der Waals surface area contributed by atoms with Gasteiger partial charge in [0.1, 0.15) is 5.69 Å². The summed E-state index contributed by atoms with van der Waals surface area (Å²) < 4.78 is 0. The highest BCUT2D eigenvalue weighted by Crippen LogP contribution is 2.32. The van der Waals surface area contributed by atoms with E-state index < -0.39 is 0 Å². The lowest BCUT2D eigenvalue weighted by molar-refractivity contribution is -0.384. The second kappa shape index (κ2) is 6.79. The molecule has 1 aromatic rings. The van der Waals surface area contributed by atoms with Gasteiger partial charge in [-0.3, -0.25) is 14.9 Å². The van der Waals surface area contributed by atoms with Crippen LogP contribution in [0.4, 0.5) is 11.4 Å². The SMILES string of the molecule is C[C@@H]1C[C@H](C)CN(C(=O)c2ccc(N3CCCC3)c([N+](=O)[O-])c2)C1. The summed E-state index contributed by atoms with van der Waals surface area (Å²) in [4.78, 5) is 27.8. The number of likely N-dealkylation sites (tertiary alicyclic amines) is 1. The van der Waals surface area contributed by atoms with Gasteiger partial charge in [-0.1, -0.05) is 13.8 Å². The van der Waals surface area contributed by atoms with Gasteiger partial charge in [0.05, 0.1) is 4.92 Å². The number of nitro groups is 1. The Labute approximate surface area is 142 Å². The van der Waals surface area contributed by atoms with Gasteiger partial charge in [-0.15, -0.1) is 0 Å². The van der Waals surface area contributed by atoms with Crippen LogP contribution in [0.3, 0.4) is 0 Å². The number of amides is 1. The third-order valence-electron chi connectivity index (χ3n) is 5.02. The fourth-order valence-corrected chi connectivity index (χ4v) is 4.04. The molecule has 3 rings (SSSR count). The minimum atomic E-state index is -0.369. The standard InChI is InChI=1S/C18H25N3O3/c1-13-9-14(2)12-20(11-13)18(22)15-5-6-16(17(10-15)21(23)24)19-7-3-4-8-19/h5-6,10,13-14H,3-4,7-9,11-12H2,1-2H3/t13-,14+. The van der Waals surface area contributed by atoms with E-state index in [0.29, 0.717) is 23.1 Å². The minimum absolute atomic E-state index is 0.0425. The van der Waals surface area contributed by atoms with E-state index in [9.17, 15) is 14.9 Å². The molecule has 24 heavy (non-hydrogen) atoms. The van der Waals surface area contributed by atoms with E-state index in [1.807, 2.05) is 9.80 Å². The van der Waals surface area contributed by atoms with E-state index in [4.69, 9.17) is 0 Å². The number of piperidine rings is 1. The molecule has 0 radical (unpaired) electrons. The van der Waals surface area contributed by atoms with Gasteiger partial charge in [-0.2, -0.15) is 0 Å². The Kier molecular flexibility index (Phi) is 4.73. The van der Waals surface area contributed by atoms with Crippen molar-refractivity contribution in [2.75, 3.05) is 31.1 Å². The Hall–Kier alpha value is -2.11. The zero-order chi connectivity index (χ0) is 17.3. The number of rotatable bonds is 3. The van der Waals surface area contributed by atoms with Gasteiger partial charge in [0.25, 0.3) is 11.6 Å². The van der Waals surface area contributed by atoms with Crippen LogP contribution in [0.2, 0.25) is 0 Å². The van der Waals surface area contributed by atoms with Gasteiger partial charge < -0.3 is 9.80 Å². The molecule has 130 valence electrons. The molecule has 6 nitrogen and oxygen atoms in total. The lowest BCUT2D eigenvalue weighted by Crippen LogP contribution is -2.42. The summed E-state index contributed by atoms with van der Waals surface area (Å²) in [5, 5.41) is 11.5. The summed E-state index contributed by atoms with van der Waals surface area (Å²) in [5.74, 6) is 0.845. The van der Waals surface area contributed by atoms with Gasteiger partial charge in [-0.25, -0.2) is 0 Å². The minimum Gasteiger partial charge on any atom is -0.366 e. The van der Waals surface area contributed by atoms with Crippen molar-refractivity contribution in [1.82, 2.24) is 4.90 Å². The highest BCUT2D eigenvalue weighted by molar-refractivity contribution is 5.96. The number of nitrogens with zero attached hydrogens (tertiary/aromatic N) is 3. The normalized spacial score (nSPS) is 24.2. The Bertz CT molecular complexity index is 630. The van der Waals surface area contributed by atoms with Crippen molar-refractivity contribution < 1.29 is 9.72 Å². The number of carbonyl (C=O) groups is 1. The lowest BCUT2D eigenvalue weighted by atomic mass is 9.91. The first-order chi connectivity index (χ1) is 11.5. The zero-order valence-electron chi connectivity index (χ0n) is 14.4. The smallest absolute Gasteiger partial charge is 0.293 e. The number of benzene rings is 1. The summed E-state index contributed by atoms with van der Waals surface area (Å²) in [6.45, 7) is 7.43. The van der Waals surface area contributed by atoms with Crippen LogP contribution >= 0.6 is 0 Å². The van der Waals surface area contributed by atoms with Crippen molar-refractivity contribution in [3.8, 4) is 0 Å². The first-order valence-corrected chi connectivity index (χ1v) is 8.78. The largest absolute Gasteiger partial charge is 0.366 e. The summed E-state index contributed by atoms with van der Waals surface area (Å²) in [5.41, 5.74) is 1.10. The number of hydrogen-bond acceptors (Lipinski definition) is 4. The summed E-state index contributed by atoms with van der Waals surface area (Å²) in [6.07, 6.45) is 3.24. The van der Waals surface area contributed by atoms with Crippen LogP contribution in [0.1, 0.15) is 43.5 Å². The van der Waals surface area contributed by atoms with Gasteiger partial charge in [-0.05, 0) is 43.2 Å². The molecule has 0 unspecified atom stereocenters. The molecule has 0 aliphatic carbocycles. The average molecular weight is 331 g/mol. The van der Waals surface area contributed by atoms with Crippen LogP contribution in [0.25, 0.3) is 0 Å². The van der Waals surface area contributed by atoms with Crippen molar-refractivity contribution >= 4 is 17.3 Å². The number of anilines is 1. The molecule has 1 aromatic carbocycles. The maximum Gasteiger partial charge on any atom is 0.293 e. The maximum absolute atomic E-state index is 12.8. The molecule has 0 saturated carbocycles. The predicted molar refractivity (Wildman–Crippen MR) is 93.4 cm³/mol. The molecule has 2 heterocycles. The van der Waals surface area contributed by atoms with Crippen LogP contribution < -0.4 is 4.90 Å². The maximum atomic E-state index is 12.8. The monoisotopic (exact) mass is 331 g/mol. The molecule has 0 spiro atoms. The van der Waals surface area contributed by atoms with E-state index in [1.165, 1.54) is 6.07 Å². The van der Waals surface area contributed by atoms with E-state index in [1.54, 1.807) is 12.1 Å². The molecular formula is C18H25N3O3. The average Bonchev–Trinajstić information content (AvgIpc) is 3.07. The first kappa shape index (κ1) is 16.7. The van der Waals surface area contributed by atoms with Crippen molar-refractivity contribution in [2.45, 2.75) is 33.1 Å². The van der Waals surface area contributed by atoms with E-state index in [0.717, 1.165) is 45.4 Å². The second-order valence-corrected chi connectivity index (χ2v) is 7.31. The molecular weight excluding hydrogens is 306 g/mol. The summed E-state index contributed by atoms with van der Waals surface area (Å²) in [6, 6.07) is 4.94. The van der Waals surface area contributed by atoms with Gasteiger partial charge in [0.2, 0.25) is 0 Å². The number of carbonyl (C=O) groups excluding carboxylic acids is 1. The molecule has 2 aliphatic rings. The Morgan fingerprint density at radius 1 is 1.17 bits per heavy atom. The van der Waals surface area contributed by atoms with E-state index in [2.05, 4.69) is 13.8 Å². The molecule has 0 bridgehead atoms. The van der Waals surface area contributed by atoms with E-state index >= 15 is 0 Å². The molecule has 1 amide bonds. The van der Waals surface area contributed by atoms with Gasteiger partial charge >= 0.3 is 0 Å². The van der Waals surface area contributed by atoms with Crippen LogP contribution in [-0.2, 0) is 0 Å². The topological polar surface area (TPSA) is 66.7 Å². The Morgan fingerprint density at radius 2 is 1.79 bits per heavy atom. The quantitative estimate of drug-likeness (QED) is 0.629. The zero-order valence-corrected chi connectivity index (χ0v) is 14.4. The Balaban J connectivity index is 1.86. The van der Waals surface area contributed by atoms with E-state index in [-0.39, 0.29) is 16.5 Å². The molecule has 2 fully saturated rings. The lowest BCUT2D eigenvalue weighted by Gasteiger charge is -2.35. The summed E-state index contributed by atoms with van der Waals surface area (Å²) in [7, 11) is 0. The summed E-state index contributed by atoms with van der Waals surface area (Å²) >= 11 is 0. The van der Waals surface area contributed by atoms with Crippen LogP contribution in [0.15, 0.2) is 18.2 Å². The van der Waals surface area contributed by atoms with Gasteiger partial charge in [0.15, 0.2) is 0 Å². The molecule has 6 heteroatoms. The van der Waals surface area contributed by atoms with Crippen molar-refractivity contribution in [3.63, 3.8) is 0 Å². The van der Waals surface area contributed by atoms with Crippen molar-refractivity contribution in [1.29, 1.82) is 0 Å².